The van der Waals surface area contributed by atoms with Gasteiger partial charge in [0.05, 0.1) is 12.2 Å². The number of halogens is 1. The molecule has 1 aromatic heterocycles. The molecule has 1 atom stereocenters. The van der Waals surface area contributed by atoms with Crippen LogP contribution >= 0.6 is 15.9 Å². The van der Waals surface area contributed by atoms with Crippen molar-refractivity contribution in [2.75, 3.05) is 11.4 Å². The van der Waals surface area contributed by atoms with E-state index in [4.69, 9.17) is 9.84 Å². The molecule has 21 heavy (non-hydrogen) atoms. The molecule has 0 bridgehead atoms. The summed E-state index contributed by atoms with van der Waals surface area (Å²) in [5.74, 6) is -1.02. The van der Waals surface area contributed by atoms with Crippen LogP contribution in [0.15, 0.2) is 41.0 Å². The first-order chi connectivity index (χ1) is 10.1. The number of hydrogen-bond acceptors (Lipinski definition) is 3. The number of aliphatic carboxylic acids is 1. The monoisotopic (exact) mass is 350 g/mol. The number of carboxylic acid groups (broad SMARTS) is 1. The summed E-state index contributed by atoms with van der Waals surface area (Å²) in [6.07, 6.45) is 0.566. The van der Waals surface area contributed by atoms with E-state index in [1.807, 2.05) is 0 Å². The smallest absolute Gasteiger partial charge is 0.346 e. The van der Waals surface area contributed by atoms with Crippen molar-refractivity contribution in [3.05, 3.63) is 46.7 Å². The Morgan fingerprint density at radius 1 is 1.38 bits per heavy atom. The first-order valence-electron chi connectivity index (χ1n) is 6.20. The minimum absolute atomic E-state index is 0.0399. The van der Waals surface area contributed by atoms with Gasteiger partial charge < -0.3 is 14.8 Å². The fraction of sp³-hybridized carbons (Fsp3) is 0.143. The topological polar surface area (TPSA) is 82.6 Å². The molecule has 0 fully saturated rings. The van der Waals surface area contributed by atoms with Crippen molar-refractivity contribution in [3.8, 4) is 5.75 Å². The van der Waals surface area contributed by atoms with Gasteiger partial charge in [-0.1, -0.05) is 12.1 Å². The van der Waals surface area contributed by atoms with Crippen LogP contribution in [0.5, 0.6) is 5.75 Å². The van der Waals surface area contributed by atoms with Gasteiger partial charge in [0, 0.05) is 10.7 Å². The Kier molecular flexibility index (Phi) is 3.42. The number of hydrogen-bond donors (Lipinski definition) is 2. The van der Waals surface area contributed by atoms with Crippen LogP contribution in [0.4, 0.5) is 5.69 Å². The summed E-state index contributed by atoms with van der Waals surface area (Å²) in [6.45, 7) is -0.0399. The number of para-hydroxylation sites is 2. The van der Waals surface area contributed by atoms with E-state index < -0.39 is 12.1 Å². The lowest BCUT2D eigenvalue weighted by Gasteiger charge is -2.32. The van der Waals surface area contributed by atoms with Gasteiger partial charge >= 0.3 is 5.97 Å². The Morgan fingerprint density at radius 2 is 2.14 bits per heavy atom. The lowest BCUT2D eigenvalue weighted by molar-refractivity contribution is -0.144. The molecular weight excluding hydrogens is 340 g/mol. The predicted octanol–water partition coefficient (Wildman–Crippen LogP) is 2.27. The molecule has 2 aromatic rings. The number of ether oxygens (including phenoxy) is 1. The van der Waals surface area contributed by atoms with E-state index >= 15 is 0 Å². The van der Waals surface area contributed by atoms with Crippen LogP contribution < -0.4 is 9.64 Å². The summed E-state index contributed by atoms with van der Waals surface area (Å²) in [5, 5.41) is 9.16. The minimum Gasteiger partial charge on any atom is -0.478 e. The van der Waals surface area contributed by atoms with Crippen LogP contribution in [0.2, 0.25) is 0 Å². The molecule has 0 spiro atoms. The number of carbonyl (C=O) groups is 2. The molecule has 2 N–H and O–H groups in total. The summed E-state index contributed by atoms with van der Waals surface area (Å²) < 4.78 is 6.15. The summed E-state index contributed by atoms with van der Waals surface area (Å²) in [5.41, 5.74) is 0.938. The summed E-state index contributed by atoms with van der Waals surface area (Å²) >= 11 is 3.27. The van der Waals surface area contributed by atoms with Gasteiger partial charge in [0.25, 0.3) is 5.91 Å². The van der Waals surface area contributed by atoms with Crippen LogP contribution in [0.25, 0.3) is 0 Å². The first-order valence-corrected chi connectivity index (χ1v) is 7.00. The predicted molar refractivity (Wildman–Crippen MR) is 78.7 cm³/mol. The minimum atomic E-state index is -1.10. The third-order valence-electron chi connectivity index (χ3n) is 3.17. The molecule has 7 heteroatoms. The second kappa shape index (κ2) is 5.25. The molecule has 1 aliphatic rings. The number of aromatic amines is 1. The summed E-state index contributed by atoms with van der Waals surface area (Å²) in [6, 6.07) is 8.53. The molecule has 1 aromatic carbocycles. The van der Waals surface area contributed by atoms with Gasteiger partial charge in [-0.05, 0) is 34.1 Å². The van der Waals surface area contributed by atoms with Crippen molar-refractivity contribution in [1.29, 1.82) is 0 Å². The Hall–Kier alpha value is -2.28. The molecule has 1 unspecified atom stereocenters. The quantitative estimate of drug-likeness (QED) is 0.870. The Balaban J connectivity index is 2.00. The molecule has 0 radical (unpaired) electrons. The van der Waals surface area contributed by atoms with E-state index in [0.29, 0.717) is 17.1 Å². The number of fused-ring (bicyclic) bond motifs is 1. The van der Waals surface area contributed by atoms with E-state index in [9.17, 15) is 9.59 Å². The van der Waals surface area contributed by atoms with Crippen molar-refractivity contribution in [2.45, 2.75) is 6.10 Å². The molecule has 1 amide bonds. The lowest BCUT2D eigenvalue weighted by atomic mass is 10.1. The molecule has 0 saturated heterocycles. The van der Waals surface area contributed by atoms with Crippen LogP contribution in [-0.2, 0) is 4.79 Å². The fourth-order valence-electron chi connectivity index (χ4n) is 2.19. The van der Waals surface area contributed by atoms with Gasteiger partial charge in [-0.2, -0.15) is 0 Å². The van der Waals surface area contributed by atoms with Gasteiger partial charge in [-0.3, -0.25) is 9.69 Å². The highest BCUT2D eigenvalue weighted by Gasteiger charge is 2.34. The van der Waals surface area contributed by atoms with E-state index in [2.05, 4.69) is 20.9 Å². The SMILES string of the molecule is O=C(O)C1CN(C(=O)c2cc(Br)c[nH]2)c2ccccc2O1. The lowest BCUT2D eigenvalue weighted by Crippen LogP contribution is -2.47. The van der Waals surface area contributed by atoms with Gasteiger partial charge in [-0.15, -0.1) is 0 Å². The van der Waals surface area contributed by atoms with Crippen molar-refractivity contribution in [1.82, 2.24) is 4.98 Å². The highest BCUT2D eigenvalue weighted by atomic mass is 79.9. The highest BCUT2D eigenvalue weighted by Crippen LogP contribution is 2.34. The maximum atomic E-state index is 12.6. The molecule has 3 rings (SSSR count). The van der Waals surface area contributed by atoms with Crippen LogP contribution in [0, 0.1) is 0 Å². The van der Waals surface area contributed by atoms with E-state index in [1.165, 1.54) is 4.90 Å². The summed E-state index contributed by atoms with van der Waals surface area (Å²) in [4.78, 5) is 28.0. The maximum Gasteiger partial charge on any atom is 0.346 e. The highest BCUT2D eigenvalue weighted by molar-refractivity contribution is 9.10. The molecule has 1 aliphatic heterocycles. The maximum absolute atomic E-state index is 12.6. The Morgan fingerprint density at radius 3 is 2.81 bits per heavy atom. The van der Waals surface area contributed by atoms with Crippen LogP contribution in [0.3, 0.4) is 0 Å². The van der Waals surface area contributed by atoms with Crippen LogP contribution in [0.1, 0.15) is 10.5 Å². The number of nitrogens with zero attached hydrogens (tertiary/aromatic N) is 1. The number of carboxylic acids is 1. The zero-order chi connectivity index (χ0) is 15.0. The molecule has 0 aliphatic carbocycles. The largest absolute Gasteiger partial charge is 0.478 e. The third-order valence-corrected chi connectivity index (χ3v) is 3.63. The second-order valence-corrected chi connectivity index (χ2v) is 5.48. The molecule has 0 saturated carbocycles. The summed E-state index contributed by atoms with van der Waals surface area (Å²) in [7, 11) is 0. The molecular formula is C14H11BrN2O4. The van der Waals surface area contributed by atoms with Gasteiger partial charge in [0.1, 0.15) is 11.4 Å². The van der Waals surface area contributed by atoms with E-state index in [-0.39, 0.29) is 12.5 Å². The van der Waals surface area contributed by atoms with Crippen molar-refractivity contribution in [2.24, 2.45) is 0 Å². The number of H-pyrrole nitrogens is 1. The third kappa shape index (κ3) is 2.52. The second-order valence-electron chi connectivity index (χ2n) is 4.56. The number of carbonyl (C=O) groups excluding carboxylic acids is 1. The number of benzene rings is 1. The van der Waals surface area contributed by atoms with Crippen molar-refractivity contribution < 1.29 is 19.4 Å². The zero-order valence-corrected chi connectivity index (χ0v) is 12.3. The van der Waals surface area contributed by atoms with Gasteiger partial charge in [0.15, 0.2) is 0 Å². The molecule has 108 valence electrons. The van der Waals surface area contributed by atoms with Crippen molar-refractivity contribution in [3.63, 3.8) is 0 Å². The molecule has 6 nitrogen and oxygen atoms in total. The van der Waals surface area contributed by atoms with E-state index in [0.717, 1.165) is 4.47 Å². The van der Waals surface area contributed by atoms with Gasteiger partial charge in [0.2, 0.25) is 6.10 Å². The number of rotatable bonds is 2. The Labute approximate surface area is 128 Å². The first kappa shape index (κ1) is 13.7. The number of amides is 1. The van der Waals surface area contributed by atoms with E-state index in [1.54, 1.807) is 36.5 Å². The fourth-order valence-corrected chi connectivity index (χ4v) is 2.54. The average Bonchev–Trinajstić information content (AvgIpc) is 2.92. The average molecular weight is 351 g/mol. The Bertz CT molecular complexity index is 713. The standard InChI is InChI=1S/C14H11BrN2O4/c15-8-5-9(16-6-8)13(18)17-7-12(14(19)20)21-11-4-2-1-3-10(11)17/h1-6,12,16H,7H2,(H,19,20). The van der Waals surface area contributed by atoms with Gasteiger partial charge in [-0.25, -0.2) is 4.79 Å². The normalized spacial score (nSPS) is 17.0. The zero-order valence-electron chi connectivity index (χ0n) is 10.7. The van der Waals surface area contributed by atoms with Crippen molar-refractivity contribution >= 4 is 33.5 Å². The number of anilines is 1. The molecule has 2 heterocycles. The van der Waals surface area contributed by atoms with Crippen LogP contribution in [-0.4, -0.2) is 34.6 Å². The number of aromatic nitrogens is 1. The number of nitrogens with one attached hydrogen (secondary N) is 1.